The predicted octanol–water partition coefficient (Wildman–Crippen LogP) is 3.40. The highest BCUT2D eigenvalue weighted by molar-refractivity contribution is 5.58. The first-order valence-electron chi connectivity index (χ1n) is 9.81. The minimum absolute atomic E-state index is 0.128. The van der Waals surface area contributed by atoms with Crippen molar-refractivity contribution in [3.05, 3.63) is 54.5 Å². The molecule has 0 saturated heterocycles. The van der Waals surface area contributed by atoms with Crippen molar-refractivity contribution < 1.29 is 17.7 Å². The van der Waals surface area contributed by atoms with Crippen LogP contribution in [0, 0.1) is 0 Å². The number of halogens is 3. The summed E-state index contributed by atoms with van der Waals surface area (Å²) in [5.74, 6) is 0.798. The predicted molar refractivity (Wildman–Crippen MR) is 106 cm³/mol. The lowest BCUT2D eigenvalue weighted by Crippen LogP contribution is -2.36. The van der Waals surface area contributed by atoms with Gasteiger partial charge in [0, 0.05) is 30.4 Å². The first kappa shape index (κ1) is 20.1. The minimum Gasteiger partial charge on any atom is -0.368 e. The molecule has 0 amide bonds. The van der Waals surface area contributed by atoms with E-state index in [9.17, 15) is 13.2 Å². The van der Waals surface area contributed by atoms with Crippen molar-refractivity contribution in [3.8, 4) is 22.7 Å². The smallest absolute Gasteiger partial charge is 0.368 e. The van der Waals surface area contributed by atoms with E-state index < -0.39 is 18.1 Å². The van der Waals surface area contributed by atoms with E-state index in [1.165, 1.54) is 12.4 Å². The average Bonchev–Trinajstić information content (AvgIpc) is 3.37. The Bertz CT molecular complexity index is 1230. The molecule has 164 valence electrons. The first-order valence-corrected chi connectivity index (χ1v) is 9.81. The molecular formula is C20H17F3N8O. The number of anilines is 1. The number of nitrogen functional groups attached to an aromatic ring is 1. The van der Waals surface area contributed by atoms with Crippen molar-refractivity contribution in [1.29, 1.82) is 0 Å². The Morgan fingerprint density at radius 1 is 1.03 bits per heavy atom. The Balaban J connectivity index is 1.40. The van der Waals surface area contributed by atoms with Crippen LogP contribution in [0.15, 0.2) is 47.6 Å². The molecule has 0 radical (unpaired) electrons. The number of hydrogen-bond donors (Lipinski definition) is 1. The van der Waals surface area contributed by atoms with Crippen LogP contribution >= 0.6 is 0 Å². The van der Waals surface area contributed by atoms with E-state index >= 15 is 0 Å². The maximum Gasteiger partial charge on any atom is 0.408 e. The van der Waals surface area contributed by atoms with E-state index in [0.717, 1.165) is 35.1 Å². The zero-order chi connectivity index (χ0) is 22.3. The lowest BCUT2D eigenvalue weighted by molar-refractivity contribution is -0.142. The Morgan fingerprint density at radius 3 is 2.44 bits per heavy atom. The third-order valence-electron chi connectivity index (χ3n) is 5.57. The van der Waals surface area contributed by atoms with E-state index in [1.54, 1.807) is 18.6 Å². The van der Waals surface area contributed by atoms with Crippen molar-refractivity contribution in [3.63, 3.8) is 0 Å². The lowest BCUT2D eigenvalue weighted by atomic mass is 9.64. The number of alkyl halides is 3. The molecular weight excluding hydrogens is 425 g/mol. The molecule has 0 aromatic carbocycles. The van der Waals surface area contributed by atoms with Crippen molar-refractivity contribution in [2.24, 2.45) is 0 Å². The highest BCUT2D eigenvalue weighted by Gasteiger charge is 2.45. The molecule has 2 N–H and O–H groups in total. The molecule has 4 aromatic rings. The van der Waals surface area contributed by atoms with E-state index in [2.05, 4.69) is 30.2 Å². The van der Waals surface area contributed by atoms with Gasteiger partial charge in [0.15, 0.2) is 5.82 Å². The quantitative estimate of drug-likeness (QED) is 0.499. The zero-order valence-corrected chi connectivity index (χ0v) is 16.6. The second-order valence-electron chi connectivity index (χ2n) is 7.66. The van der Waals surface area contributed by atoms with Gasteiger partial charge in [-0.15, -0.1) is 0 Å². The summed E-state index contributed by atoms with van der Waals surface area (Å²) in [7, 11) is 0. The topological polar surface area (TPSA) is 121 Å². The summed E-state index contributed by atoms with van der Waals surface area (Å²) in [6.07, 6.45) is 5.74. The van der Waals surface area contributed by atoms with Crippen LogP contribution in [0.5, 0.6) is 0 Å². The Morgan fingerprint density at radius 2 is 1.81 bits per heavy atom. The van der Waals surface area contributed by atoms with Crippen molar-refractivity contribution in [2.75, 3.05) is 5.73 Å². The summed E-state index contributed by atoms with van der Waals surface area (Å²) >= 11 is 0. The monoisotopic (exact) mass is 442 g/mol. The fraction of sp³-hybridized carbons (Fsp3) is 0.300. The molecule has 12 heteroatoms. The summed E-state index contributed by atoms with van der Waals surface area (Å²) in [4.78, 5) is 17.0. The Hall–Kier alpha value is -3.83. The second-order valence-corrected chi connectivity index (χ2v) is 7.66. The molecule has 0 aliphatic heterocycles. The minimum atomic E-state index is -4.36. The van der Waals surface area contributed by atoms with E-state index in [-0.39, 0.29) is 11.8 Å². The van der Waals surface area contributed by atoms with Crippen LogP contribution in [0.3, 0.4) is 0 Å². The highest BCUT2D eigenvalue weighted by atomic mass is 19.4. The van der Waals surface area contributed by atoms with Gasteiger partial charge in [0.1, 0.15) is 6.54 Å². The van der Waals surface area contributed by atoms with Gasteiger partial charge in [-0.25, -0.2) is 9.97 Å². The van der Waals surface area contributed by atoms with Crippen molar-refractivity contribution in [2.45, 2.75) is 37.4 Å². The van der Waals surface area contributed by atoms with Crippen molar-refractivity contribution >= 4 is 5.95 Å². The molecule has 4 aromatic heterocycles. The molecule has 5 rings (SSSR count). The summed E-state index contributed by atoms with van der Waals surface area (Å²) < 4.78 is 43.9. The average molecular weight is 442 g/mol. The number of hydrogen-bond acceptors (Lipinski definition) is 8. The summed E-state index contributed by atoms with van der Waals surface area (Å²) in [5.41, 5.74) is 7.79. The van der Waals surface area contributed by atoms with Gasteiger partial charge in [-0.3, -0.25) is 9.67 Å². The third-order valence-corrected chi connectivity index (χ3v) is 5.57. The first-order chi connectivity index (χ1) is 15.3. The normalized spacial score (nSPS) is 15.5. The van der Waals surface area contributed by atoms with Crippen LogP contribution in [0.2, 0.25) is 0 Å². The van der Waals surface area contributed by atoms with Gasteiger partial charge in [0.25, 0.3) is 5.89 Å². The standard InChI is InChI=1S/C20H17F3N8O/c21-20(22,23)11-31-10-13(8-28-31)16-29-17(30-32-16)19(4-1-5-19)14-2-3-15(25-9-14)12-6-26-18(24)27-7-12/h2-3,6-10H,1,4-5,11H2,(H2,24,26,27). The number of pyridine rings is 1. The largest absolute Gasteiger partial charge is 0.408 e. The van der Waals surface area contributed by atoms with Crippen LogP contribution in [-0.2, 0) is 12.0 Å². The highest BCUT2D eigenvalue weighted by Crippen LogP contribution is 2.48. The van der Waals surface area contributed by atoms with Crippen LogP contribution in [-0.4, -0.2) is 41.0 Å². The molecule has 0 atom stereocenters. The number of aromatic nitrogens is 7. The maximum atomic E-state index is 12.6. The molecule has 0 spiro atoms. The third kappa shape index (κ3) is 3.67. The SMILES string of the molecule is Nc1ncc(-c2ccc(C3(c4noc(-c5cnn(CC(F)(F)F)c5)n4)CCC3)cn2)cn1. The van der Waals surface area contributed by atoms with Crippen LogP contribution < -0.4 is 5.73 Å². The van der Waals surface area contributed by atoms with Crippen LogP contribution in [0.25, 0.3) is 22.7 Å². The molecule has 1 fully saturated rings. The number of nitrogens with two attached hydrogens (primary N) is 1. The van der Waals surface area contributed by atoms with Gasteiger partial charge in [0.05, 0.1) is 22.9 Å². The molecule has 9 nitrogen and oxygen atoms in total. The maximum absolute atomic E-state index is 12.6. The van der Waals surface area contributed by atoms with Crippen LogP contribution in [0.1, 0.15) is 30.7 Å². The fourth-order valence-electron chi connectivity index (χ4n) is 3.77. The second kappa shape index (κ2) is 7.39. The van der Waals surface area contributed by atoms with Gasteiger partial charge in [-0.2, -0.15) is 23.3 Å². The summed E-state index contributed by atoms with van der Waals surface area (Å²) in [5, 5.41) is 7.86. The molecule has 1 aliphatic carbocycles. The lowest BCUT2D eigenvalue weighted by Gasteiger charge is -2.39. The molecule has 1 saturated carbocycles. The van der Waals surface area contributed by atoms with Gasteiger partial charge in [0.2, 0.25) is 5.95 Å². The summed E-state index contributed by atoms with van der Waals surface area (Å²) in [6, 6.07) is 3.82. The van der Waals surface area contributed by atoms with E-state index in [0.29, 0.717) is 17.1 Å². The van der Waals surface area contributed by atoms with Gasteiger partial charge < -0.3 is 10.3 Å². The number of nitrogens with zero attached hydrogens (tertiary/aromatic N) is 7. The molecule has 4 heterocycles. The van der Waals surface area contributed by atoms with Gasteiger partial charge in [-0.05, 0) is 24.5 Å². The zero-order valence-electron chi connectivity index (χ0n) is 16.6. The number of rotatable bonds is 5. The fourth-order valence-corrected chi connectivity index (χ4v) is 3.77. The Kier molecular flexibility index (Phi) is 4.64. The molecule has 0 unspecified atom stereocenters. The Labute approximate surface area is 179 Å². The van der Waals surface area contributed by atoms with Crippen molar-refractivity contribution in [1.82, 2.24) is 34.9 Å². The molecule has 32 heavy (non-hydrogen) atoms. The van der Waals surface area contributed by atoms with E-state index in [4.69, 9.17) is 10.3 Å². The van der Waals surface area contributed by atoms with Gasteiger partial charge in [-0.1, -0.05) is 17.6 Å². The van der Waals surface area contributed by atoms with E-state index in [1.807, 2.05) is 12.1 Å². The summed E-state index contributed by atoms with van der Waals surface area (Å²) in [6.45, 7) is -1.19. The van der Waals surface area contributed by atoms with Gasteiger partial charge >= 0.3 is 6.18 Å². The molecule has 0 bridgehead atoms. The molecule has 1 aliphatic rings. The van der Waals surface area contributed by atoms with Crippen LogP contribution in [0.4, 0.5) is 19.1 Å².